The van der Waals surface area contributed by atoms with Crippen molar-refractivity contribution >= 4 is 35.0 Å². The number of esters is 1. The number of nitrogen functional groups attached to an aromatic ring is 1. The molecule has 0 aliphatic heterocycles. The summed E-state index contributed by atoms with van der Waals surface area (Å²) in [6.45, 7) is 3.36. The Balaban J connectivity index is 2.20. The number of nitrogens with zero attached hydrogens (tertiary/aromatic N) is 2. The van der Waals surface area contributed by atoms with Crippen LogP contribution in [0, 0.1) is 5.92 Å². The van der Waals surface area contributed by atoms with E-state index in [1.165, 1.54) is 29.0 Å². The first-order chi connectivity index (χ1) is 12.7. The van der Waals surface area contributed by atoms with Gasteiger partial charge >= 0.3 is 11.7 Å². The van der Waals surface area contributed by atoms with Gasteiger partial charge in [-0.15, -0.1) is 0 Å². The predicted octanol–water partition coefficient (Wildman–Crippen LogP) is 1.29. The van der Waals surface area contributed by atoms with Crippen molar-refractivity contribution in [3.05, 3.63) is 54.9 Å². The van der Waals surface area contributed by atoms with Gasteiger partial charge < -0.3 is 10.5 Å². The van der Waals surface area contributed by atoms with Crippen LogP contribution in [0.3, 0.4) is 0 Å². The number of anilines is 1. The van der Waals surface area contributed by atoms with Crippen molar-refractivity contribution in [3.63, 3.8) is 0 Å². The average Bonchev–Trinajstić information content (AvgIpc) is 3.13. The number of hydrogen-bond acceptors (Lipinski definition) is 7. The van der Waals surface area contributed by atoms with Crippen LogP contribution >= 0.6 is 11.3 Å². The Morgan fingerprint density at radius 2 is 2.04 bits per heavy atom. The second-order valence-electron chi connectivity index (χ2n) is 6.33. The van der Waals surface area contributed by atoms with Gasteiger partial charge in [0.15, 0.2) is 6.61 Å². The zero-order valence-corrected chi connectivity index (χ0v) is 16.1. The fraction of sp³-hybridized carbons (Fsp3) is 0.333. The summed E-state index contributed by atoms with van der Waals surface area (Å²) in [6, 6.07) is 1.82. The summed E-state index contributed by atoms with van der Waals surface area (Å²) in [5, 5.41) is 3.70. The number of ketones is 1. The Bertz CT molecular complexity index is 984. The highest BCUT2D eigenvalue weighted by Crippen LogP contribution is 2.10. The molecule has 2 aromatic heterocycles. The van der Waals surface area contributed by atoms with Gasteiger partial charge in [0.05, 0.1) is 0 Å². The topological polar surface area (TPSA) is 113 Å². The molecule has 0 amide bonds. The summed E-state index contributed by atoms with van der Waals surface area (Å²) >= 11 is 1.48. The highest BCUT2D eigenvalue weighted by Gasteiger charge is 2.22. The summed E-state index contributed by atoms with van der Waals surface area (Å²) in [7, 11) is 1.27. The molecule has 2 aromatic rings. The van der Waals surface area contributed by atoms with Crippen LogP contribution in [0.5, 0.6) is 0 Å². The second-order valence-corrected chi connectivity index (χ2v) is 7.11. The number of rotatable bonds is 7. The zero-order chi connectivity index (χ0) is 20.1. The fourth-order valence-electron chi connectivity index (χ4n) is 2.38. The molecule has 0 saturated heterocycles. The molecule has 0 bridgehead atoms. The summed E-state index contributed by atoms with van der Waals surface area (Å²) in [6.07, 6.45) is 2.75. The van der Waals surface area contributed by atoms with Crippen LogP contribution < -0.4 is 17.0 Å². The minimum absolute atomic E-state index is 0.0746. The van der Waals surface area contributed by atoms with E-state index in [0.717, 1.165) is 10.1 Å². The molecule has 144 valence electrons. The Hall–Kier alpha value is -2.94. The number of thiophene rings is 1. The molecule has 0 unspecified atom stereocenters. The second kappa shape index (κ2) is 8.63. The Kier molecular flexibility index (Phi) is 6.51. The minimum atomic E-state index is -0.813. The van der Waals surface area contributed by atoms with Crippen LogP contribution in [-0.2, 0) is 23.1 Å². The molecule has 2 heterocycles. The third-order valence-corrected chi connectivity index (χ3v) is 4.41. The largest absolute Gasteiger partial charge is 0.454 e. The van der Waals surface area contributed by atoms with Gasteiger partial charge in [-0.2, -0.15) is 11.3 Å². The van der Waals surface area contributed by atoms with Crippen LogP contribution in [0.2, 0.25) is 0 Å². The number of Topliss-reactive ketones (excluding diaryl/α,β-unsaturated/α-hetero) is 1. The summed E-state index contributed by atoms with van der Waals surface area (Å²) in [5.41, 5.74) is 4.98. The molecule has 0 fully saturated rings. The molecule has 27 heavy (non-hydrogen) atoms. The summed E-state index contributed by atoms with van der Waals surface area (Å²) in [5.74, 6) is -1.62. The van der Waals surface area contributed by atoms with E-state index in [0.29, 0.717) is 0 Å². The number of nitrogens with two attached hydrogens (primary N) is 1. The Morgan fingerprint density at radius 1 is 1.33 bits per heavy atom. The molecule has 0 saturated carbocycles. The molecule has 0 spiro atoms. The standard InChI is InChI=1S/C18H21N3O5S/c1-11(2)8-21-16(19)15(17(24)20(3)18(21)25)13(22)9-26-14(23)5-4-12-6-7-27-10-12/h4-7,10-11H,8-9,19H2,1-3H3/b5-4+. The molecule has 0 aliphatic rings. The van der Waals surface area contributed by atoms with Crippen molar-refractivity contribution in [1.29, 1.82) is 0 Å². The molecule has 9 heteroatoms. The molecule has 8 nitrogen and oxygen atoms in total. The van der Waals surface area contributed by atoms with Crippen LogP contribution in [-0.4, -0.2) is 27.5 Å². The first kappa shape index (κ1) is 20.4. The lowest BCUT2D eigenvalue weighted by Gasteiger charge is -2.16. The van der Waals surface area contributed by atoms with Gasteiger partial charge in [0, 0.05) is 19.7 Å². The van der Waals surface area contributed by atoms with E-state index >= 15 is 0 Å². The van der Waals surface area contributed by atoms with E-state index in [4.69, 9.17) is 10.5 Å². The zero-order valence-electron chi connectivity index (χ0n) is 15.3. The monoisotopic (exact) mass is 391 g/mol. The van der Waals surface area contributed by atoms with Gasteiger partial charge in [-0.3, -0.25) is 18.7 Å². The quantitative estimate of drug-likeness (QED) is 0.432. The molecular weight excluding hydrogens is 370 g/mol. The van der Waals surface area contributed by atoms with Crippen molar-refractivity contribution in [2.24, 2.45) is 13.0 Å². The van der Waals surface area contributed by atoms with Gasteiger partial charge in [-0.25, -0.2) is 9.59 Å². The molecule has 0 atom stereocenters. The maximum atomic E-state index is 12.4. The van der Waals surface area contributed by atoms with Gasteiger partial charge in [-0.05, 0) is 34.4 Å². The molecule has 0 radical (unpaired) electrons. The van der Waals surface area contributed by atoms with Crippen LogP contribution in [0.15, 0.2) is 32.5 Å². The van der Waals surface area contributed by atoms with E-state index in [1.54, 1.807) is 6.08 Å². The molecule has 0 aromatic carbocycles. The van der Waals surface area contributed by atoms with Crippen molar-refractivity contribution in [2.45, 2.75) is 20.4 Å². The molecule has 2 rings (SSSR count). The average molecular weight is 391 g/mol. The number of carbonyl (C=O) groups is 2. The lowest BCUT2D eigenvalue weighted by Crippen LogP contribution is -2.43. The van der Waals surface area contributed by atoms with Gasteiger partial charge in [0.1, 0.15) is 11.4 Å². The van der Waals surface area contributed by atoms with Crippen LogP contribution in [0.4, 0.5) is 5.82 Å². The van der Waals surface area contributed by atoms with Crippen molar-refractivity contribution in [3.8, 4) is 0 Å². The number of hydrogen-bond donors (Lipinski definition) is 1. The van der Waals surface area contributed by atoms with E-state index in [-0.39, 0.29) is 23.8 Å². The van der Waals surface area contributed by atoms with Crippen LogP contribution in [0.25, 0.3) is 6.08 Å². The van der Waals surface area contributed by atoms with Crippen molar-refractivity contribution in [1.82, 2.24) is 9.13 Å². The SMILES string of the molecule is CC(C)Cn1c(N)c(C(=O)COC(=O)/C=C/c2ccsc2)c(=O)n(C)c1=O. The van der Waals surface area contributed by atoms with Crippen molar-refractivity contribution < 1.29 is 14.3 Å². The molecular formula is C18H21N3O5S. The predicted molar refractivity (Wildman–Crippen MR) is 104 cm³/mol. The normalized spacial score (nSPS) is 11.3. The third-order valence-electron chi connectivity index (χ3n) is 3.71. The van der Waals surface area contributed by atoms with Gasteiger partial charge in [0.2, 0.25) is 5.78 Å². The maximum absolute atomic E-state index is 12.4. The lowest BCUT2D eigenvalue weighted by atomic mass is 10.1. The van der Waals surface area contributed by atoms with Gasteiger partial charge in [-0.1, -0.05) is 13.8 Å². The van der Waals surface area contributed by atoms with Crippen molar-refractivity contribution in [2.75, 3.05) is 12.3 Å². The molecule has 0 aliphatic carbocycles. The Morgan fingerprint density at radius 3 is 2.63 bits per heavy atom. The maximum Gasteiger partial charge on any atom is 0.332 e. The summed E-state index contributed by atoms with van der Waals surface area (Å²) < 4.78 is 6.90. The van der Waals surface area contributed by atoms with E-state index in [2.05, 4.69) is 0 Å². The van der Waals surface area contributed by atoms with E-state index in [9.17, 15) is 19.2 Å². The number of carbonyl (C=O) groups excluding carboxylic acids is 2. The highest BCUT2D eigenvalue weighted by atomic mass is 32.1. The number of aromatic nitrogens is 2. The number of ether oxygens (including phenoxy) is 1. The smallest absolute Gasteiger partial charge is 0.332 e. The van der Waals surface area contributed by atoms with Gasteiger partial charge in [0.25, 0.3) is 5.56 Å². The van der Waals surface area contributed by atoms with Crippen LogP contribution in [0.1, 0.15) is 29.8 Å². The minimum Gasteiger partial charge on any atom is -0.454 e. The Labute approximate surface area is 159 Å². The summed E-state index contributed by atoms with van der Waals surface area (Å²) in [4.78, 5) is 48.7. The van der Waals surface area contributed by atoms with E-state index < -0.39 is 29.6 Å². The fourth-order valence-corrected chi connectivity index (χ4v) is 3.01. The third kappa shape index (κ3) is 4.82. The first-order valence-corrected chi connectivity index (χ1v) is 9.16. The van der Waals surface area contributed by atoms with E-state index in [1.807, 2.05) is 30.7 Å². The lowest BCUT2D eigenvalue weighted by molar-refractivity contribution is -0.136. The first-order valence-electron chi connectivity index (χ1n) is 8.22. The highest BCUT2D eigenvalue weighted by molar-refractivity contribution is 7.08. The molecule has 2 N–H and O–H groups in total.